The van der Waals surface area contributed by atoms with Crippen LogP contribution in [0.5, 0.6) is 0 Å². The van der Waals surface area contributed by atoms with Gasteiger partial charge in [0.05, 0.1) is 0 Å². The summed E-state index contributed by atoms with van der Waals surface area (Å²) in [6, 6.07) is 0. The van der Waals surface area contributed by atoms with E-state index in [1.54, 1.807) is 0 Å². The van der Waals surface area contributed by atoms with Crippen molar-refractivity contribution in [1.82, 2.24) is 0 Å². The molecule has 0 aliphatic heterocycles. The molecule has 2 heteroatoms. The van der Waals surface area contributed by atoms with Crippen LogP contribution in [0, 0.1) is 0 Å². The van der Waals surface area contributed by atoms with Gasteiger partial charge in [-0.1, -0.05) is 0 Å². The molecule has 0 aliphatic carbocycles. The van der Waals surface area contributed by atoms with Gasteiger partial charge in [0.2, 0.25) is 0 Å². The van der Waals surface area contributed by atoms with Crippen molar-refractivity contribution < 1.29 is 32.0 Å². The van der Waals surface area contributed by atoms with E-state index < -0.39 is 0 Å². The molecule has 0 unspecified atom stereocenters. The van der Waals surface area contributed by atoms with Crippen molar-refractivity contribution in [3.8, 4) is 0 Å². The maximum absolute atomic E-state index is 3.20. The SMILES string of the molecule is [Mn][CH2][CH2][Mn]. The summed E-state index contributed by atoms with van der Waals surface area (Å²) < 4.78 is 0. The monoisotopic (exact) mass is 138 g/mol. The first-order valence-corrected chi connectivity index (χ1v) is 2.70. The third-order valence-corrected chi connectivity index (χ3v) is 1.21. The van der Waals surface area contributed by atoms with Gasteiger partial charge in [-0.05, 0) is 0 Å². The normalized spacial score (nSPS) is 7.50. The van der Waals surface area contributed by atoms with E-state index >= 15 is 0 Å². The molecule has 0 bridgehead atoms. The maximum atomic E-state index is 3.20. The van der Waals surface area contributed by atoms with Gasteiger partial charge in [0.15, 0.2) is 0 Å². The molecule has 0 spiro atoms. The first kappa shape index (κ1) is 5.04. The van der Waals surface area contributed by atoms with Crippen LogP contribution in [0.4, 0.5) is 0 Å². The van der Waals surface area contributed by atoms with Gasteiger partial charge < -0.3 is 0 Å². The van der Waals surface area contributed by atoms with Gasteiger partial charge in [0.1, 0.15) is 0 Å². The van der Waals surface area contributed by atoms with E-state index in [2.05, 4.69) is 32.0 Å². The molecule has 0 atom stereocenters. The van der Waals surface area contributed by atoms with Crippen LogP contribution < -0.4 is 0 Å². The summed E-state index contributed by atoms with van der Waals surface area (Å²) in [5.41, 5.74) is 0. The molecule has 0 aromatic carbocycles. The molecule has 0 saturated heterocycles. The van der Waals surface area contributed by atoms with Crippen LogP contribution in [0.3, 0.4) is 0 Å². The van der Waals surface area contributed by atoms with Crippen LogP contribution in [0.2, 0.25) is 10.6 Å². The van der Waals surface area contributed by atoms with Crippen molar-refractivity contribution in [3.05, 3.63) is 0 Å². The second-order valence-corrected chi connectivity index (χ2v) is 1.56. The molecule has 0 saturated carbocycles. The molecule has 0 rings (SSSR count). The Kier molecular flexibility index (Phi) is 5.09. The summed E-state index contributed by atoms with van der Waals surface area (Å²) >= 11 is 6.40. The molecule has 0 amide bonds. The molecular weight excluding hydrogens is 134 g/mol. The molecule has 0 aromatic heterocycles. The predicted molar refractivity (Wildman–Crippen MR) is 9.61 cm³/mol. The third kappa shape index (κ3) is 3.04. The Morgan fingerprint density at radius 2 is 1.25 bits per heavy atom. The van der Waals surface area contributed by atoms with E-state index in [0.29, 0.717) is 0 Å². The fraction of sp³-hybridized carbons (Fsp3) is 1.00. The van der Waals surface area contributed by atoms with E-state index in [1.165, 1.54) is 0 Å². The van der Waals surface area contributed by atoms with Gasteiger partial charge in [-0.25, -0.2) is 0 Å². The molecule has 0 aromatic rings. The number of hydrogen-bond donors (Lipinski definition) is 0. The quantitative estimate of drug-likeness (QED) is 0.472. The molecule has 0 nitrogen and oxygen atoms in total. The van der Waals surface area contributed by atoms with E-state index in [9.17, 15) is 0 Å². The van der Waals surface area contributed by atoms with Crippen molar-refractivity contribution >= 4 is 0 Å². The summed E-state index contributed by atoms with van der Waals surface area (Å²) in [5, 5.41) is 2.10. The summed E-state index contributed by atoms with van der Waals surface area (Å²) in [6.45, 7) is 0. The third-order valence-electron chi connectivity index (χ3n) is 0.0714. The van der Waals surface area contributed by atoms with Crippen molar-refractivity contribution in [1.29, 1.82) is 0 Å². The molecule has 0 radical (unpaired) electrons. The Labute approximate surface area is 43.0 Å². The average Bonchev–Trinajstić information content (AvgIpc) is 1.37. The summed E-state index contributed by atoms with van der Waals surface area (Å²) in [4.78, 5) is 0. The minimum absolute atomic E-state index is 1.05. The van der Waals surface area contributed by atoms with Crippen molar-refractivity contribution in [2.75, 3.05) is 0 Å². The average molecular weight is 138 g/mol. The van der Waals surface area contributed by atoms with Gasteiger partial charge in [0.25, 0.3) is 0 Å². The Hall–Kier alpha value is 1.04. The van der Waals surface area contributed by atoms with Gasteiger partial charge in [0, 0.05) is 0 Å². The van der Waals surface area contributed by atoms with Crippen LogP contribution in [0.15, 0.2) is 0 Å². The van der Waals surface area contributed by atoms with Crippen molar-refractivity contribution in [2.24, 2.45) is 0 Å². The van der Waals surface area contributed by atoms with Gasteiger partial charge in [-0.15, -0.1) is 0 Å². The first-order chi connectivity index (χ1) is 1.91. The Bertz CT molecular complexity index is 6.00. The second-order valence-electron chi connectivity index (χ2n) is 0.378. The molecule has 0 aliphatic rings. The Morgan fingerprint density at radius 1 is 1.00 bits per heavy atom. The van der Waals surface area contributed by atoms with Crippen LogP contribution in [-0.2, 0) is 32.0 Å². The molecule has 0 heterocycles. The first-order valence-electron chi connectivity index (χ1n) is 1.03. The van der Waals surface area contributed by atoms with Crippen molar-refractivity contribution in [3.63, 3.8) is 0 Å². The summed E-state index contributed by atoms with van der Waals surface area (Å²) in [7, 11) is 0. The van der Waals surface area contributed by atoms with E-state index in [0.717, 1.165) is 10.6 Å². The molecule has 0 fully saturated rings. The standard InChI is InChI=1S/C2H4.2Mn/c1-2;;/h1-2H2;;. The topological polar surface area (TPSA) is 0 Å². The number of rotatable bonds is 1. The van der Waals surface area contributed by atoms with E-state index in [-0.39, 0.29) is 0 Å². The molecule has 26 valence electrons. The zero-order valence-electron chi connectivity index (χ0n) is 2.17. The molecule has 4 heavy (non-hydrogen) atoms. The van der Waals surface area contributed by atoms with Crippen molar-refractivity contribution in [2.45, 2.75) is 10.6 Å². The van der Waals surface area contributed by atoms with Crippen LogP contribution in [0.25, 0.3) is 0 Å². The fourth-order valence-corrected chi connectivity index (χ4v) is 0. The molecule has 0 N–H and O–H groups in total. The Balaban J connectivity index is 1.97. The molecular formula is C2H4Mn2. The minimum atomic E-state index is 1.05. The second kappa shape index (κ2) is 4.04. The van der Waals surface area contributed by atoms with Crippen LogP contribution in [0.1, 0.15) is 0 Å². The van der Waals surface area contributed by atoms with E-state index in [1.807, 2.05) is 0 Å². The van der Waals surface area contributed by atoms with Crippen LogP contribution in [-0.4, -0.2) is 0 Å². The Morgan fingerprint density at radius 3 is 1.25 bits per heavy atom. The zero-order valence-corrected chi connectivity index (χ0v) is 4.53. The van der Waals surface area contributed by atoms with Crippen LogP contribution >= 0.6 is 0 Å². The van der Waals surface area contributed by atoms with Gasteiger partial charge in [-0.3, -0.25) is 0 Å². The predicted octanol–water partition coefficient (Wildman–Crippen LogP) is 0.917. The van der Waals surface area contributed by atoms with Gasteiger partial charge in [-0.2, -0.15) is 0 Å². The van der Waals surface area contributed by atoms with Gasteiger partial charge >= 0.3 is 42.7 Å². The summed E-state index contributed by atoms with van der Waals surface area (Å²) in [6.07, 6.45) is 0. The summed E-state index contributed by atoms with van der Waals surface area (Å²) in [5.74, 6) is 0. The fourth-order valence-electron chi connectivity index (χ4n) is 0. The number of hydrogen-bond acceptors (Lipinski definition) is 0. The van der Waals surface area contributed by atoms with E-state index in [4.69, 9.17) is 0 Å². The zero-order chi connectivity index (χ0) is 3.41.